The van der Waals surface area contributed by atoms with Crippen molar-refractivity contribution in [1.29, 1.82) is 0 Å². The molecule has 0 amide bonds. The molecule has 4 aromatic rings. The number of hydrogen-bond acceptors (Lipinski definition) is 4. The molecule has 0 atom stereocenters. The maximum absolute atomic E-state index is 6.07. The third-order valence-electron chi connectivity index (χ3n) is 4.42. The van der Waals surface area contributed by atoms with Gasteiger partial charge in [0.2, 0.25) is 0 Å². The van der Waals surface area contributed by atoms with Gasteiger partial charge in [0, 0.05) is 16.9 Å². The van der Waals surface area contributed by atoms with E-state index < -0.39 is 0 Å². The van der Waals surface area contributed by atoms with Gasteiger partial charge in [-0.05, 0) is 60.0 Å². The zero-order valence-corrected chi connectivity index (χ0v) is 15.2. The zero-order valence-electron chi connectivity index (χ0n) is 14.4. The Kier molecular flexibility index (Phi) is 4.01. The fourth-order valence-electron chi connectivity index (χ4n) is 2.92. The monoisotopic (exact) mass is 364 g/mol. The molecule has 2 aromatic carbocycles. The maximum Gasteiger partial charge on any atom is 0.172 e. The average Bonchev–Trinajstić information content (AvgIpc) is 3.07. The summed E-state index contributed by atoms with van der Waals surface area (Å²) in [5.74, 6) is 1.34. The van der Waals surface area contributed by atoms with Crippen molar-refractivity contribution in [2.24, 2.45) is 0 Å². The molecule has 0 saturated carbocycles. The summed E-state index contributed by atoms with van der Waals surface area (Å²) in [6.45, 7) is 1.99. The number of aryl methyl sites for hydroxylation is 1. The molecule has 0 unspecified atom stereocenters. The third-order valence-corrected chi connectivity index (χ3v) is 4.65. The number of rotatable bonds is 3. The van der Waals surface area contributed by atoms with Gasteiger partial charge in [-0.1, -0.05) is 23.7 Å². The Bertz CT molecular complexity index is 1120. The minimum atomic E-state index is 0.607. The lowest BCUT2D eigenvalue weighted by molar-refractivity contribution is 0.416. The lowest BCUT2D eigenvalue weighted by Gasteiger charge is -2.09. The molecule has 0 bridgehead atoms. The number of nitrogen functional groups attached to an aromatic ring is 1. The van der Waals surface area contributed by atoms with E-state index >= 15 is 0 Å². The number of halogens is 1. The third kappa shape index (κ3) is 2.76. The van der Waals surface area contributed by atoms with Crippen molar-refractivity contribution in [3.63, 3.8) is 0 Å². The van der Waals surface area contributed by atoms with Crippen molar-refractivity contribution in [2.75, 3.05) is 12.8 Å². The molecule has 26 heavy (non-hydrogen) atoms. The Hall–Kier alpha value is -3.05. The molecule has 0 fully saturated rings. The molecule has 4 rings (SSSR count). The van der Waals surface area contributed by atoms with Gasteiger partial charge in [0.05, 0.1) is 12.7 Å². The molecular weight excluding hydrogens is 348 g/mol. The Morgan fingerprint density at radius 2 is 1.81 bits per heavy atom. The van der Waals surface area contributed by atoms with Gasteiger partial charge in [0.1, 0.15) is 5.75 Å². The first-order valence-electron chi connectivity index (χ1n) is 8.12. The second-order valence-corrected chi connectivity index (χ2v) is 6.52. The van der Waals surface area contributed by atoms with Crippen molar-refractivity contribution in [3.8, 4) is 28.3 Å². The maximum atomic E-state index is 6.07. The summed E-state index contributed by atoms with van der Waals surface area (Å²) >= 11 is 6.07. The molecule has 2 aromatic heterocycles. The van der Waals surface area contributed by atoms with Crippen molar-refractivity contribution >= 4 is 22.9 Å². The van der Waals surface area contributed by atoms with Crippen molar-refractivity contribution < 1.29 is 4.74 Å². The van der Waals surface area contributed by atoms with E-state index in [-0.39, 0.29) is 0 Å². The molecular formula is C20H17ClN4O. The van der Waals surface area contributed by atoms with Crippen LogP contribution >= 0.6 is 11.6 Å². The van der Waals surface area contributed by atoms with Gasteiger partial charge in [-0.15, -0.1) is 10.2 Å². The van der Waals surface area contributed by atoms with Gasteiger partial charge in [0.15, 0.2) is 11.5 Å². The van der Waals surface area contributed by atoms with Crippen LogP contribution in [0.2, 0.25) is 5.02 Å². The highest BCUT2D eigenvalue weighted by Crippen LogP contribution is 2.32. The zero-order chi connectivity index (χ0) is 18.3. The van der Waals surface area contributed by atoms with Crippen LogP contribution in [0.5, 0.6) is 5.75 Å². The summed E-state index contributed by atoms with van der Waals surface area (Å²) in [5.41, 5.74) is 11.5. The molecule has 6 heteroatoms. The van der Waals surface area contributed by atoms with Gasteiger partial charge in [-0.3, -0.25) is 4.40 Å². The van der Waals surface area contributed by atoms with Crippen LogP contribution < -0.4 is 10.5 Å². The lowest BCUT2D eigenvalue weighted by atomic mass is 10.0. The molecule has 2 N–H and O–H groups in total. The number of anilines is 1. The van der Waals surface area contributed by atoms with E-state index in [0.29, 0.717) is 16.6 Å². The number of hydrogen-bond donors (Lipinski definition) is 1. The van der Waals surface area contributed by atoms with Gasteiger partial charge in [-0.25, -0.2) is 0 Å². The topological polar surface area (TPSA) is 65.4 Å². The van der Waals surface area contributed by atoms with Gasteiger partial charge in [0.25, 0.3) is 0 Å². The molecule has 0 saturated heterocycles. The summed E-state index contributed by atoms with van der Waals surface area (Å²) in [7, 11) is 1.61. The summed E-state index contributed by atoms with van der Waals surface area (Å²) in [6.07, 6.45) is 2.00. The molecule has 0 aliphatic rings. The normalized spacial score (nSPS) is 11.0. The van der Waals surface area contributed by atoms with Gasteiger partial charge >= 0.3 is 0 Å². The molecule has 130 valence electrons. The summed E-state index contributed by atoms with van der Waals surface area (Å²) < 4.78 is 7.40. The predicted octanol–water partition coefficient (Wildman–Crippen LogP) is 4.62. The molecule has 5 nitrogen and oxygen atoms in total. The Labute approximate surface area is 156 Å². The van der Waals surface area contributed by atoms with E-state index in [2.05, 4.69) is 16.3 Å². The number of nitrogens with two attached hydrogens (primary N) is 1. The van der Waals surface area contributed by atoms with Crippen LogP contribution in [-0.2, 0) is 0 Å². The number of ether oxygens (including phenoxy) is 1. The first kappa shape index (κ1) is 16.4. The van der Waals surface area contributed by atoms with Crippen LogP contribution in [0.3, 0.4) is 0 Å². The lowest BCUT2D eigenvalue weighted by Crippen LogP contribution is -1.95. The highest BCUT2D eigenvalue weighted by Gasteiger charge is 2.14. The number of methoxy groups -OCH3 is 1. The Balaban J connectivity index is 1.89. The number of pyridine rings is 1. The van der Waals surface area contributed by atoms with Crippen LogP contribution in [0.25, 0.3) is 28.2 Å². The molecule has 0 radical (unpaired) electrons. The van der Waals surface area contributed by atoms with Crippen molar-refractivity contribution in [2.45, 2.75) is 6.92 Å². The van der Waals surface area contributed by atoms with E-state index in [1.165, 1.54) is 0 Å². The number of benzene rings is 2. The average molecular weight is 365 g/mol. The minimum absolute atomic E-state index is 0.607. The van der Waals surface area contributed by atoms with E-state index in [1.54, 1.807) is 13.2 Å². The quantitative estimate of drug-likeness (QED) is 0.539. The van der Waals surface area contributed by atoms with Gasteiger partial charge < -0.3 is 10.5 Å². The smallest absolute Gasteiger partial charge is 0.172 e. The fourth-order valence-corrected chi connectivity index (χ4v) is 3.08. The van der Waals surface area contributed by atoms with Crippen LogP contribution in [0.4, 0.5) is 5.69 Å². The Morgan fingerprint density at radius 3 is 2.58 bits per heavy atom. The first-order valence-corrected chi connectivity index (χ1v) is 8.50. The van der Waals surface area contributed by atoms with Crippen LogP contribution in [-0.4, -0.2) is 21.7 Å². The van der Waals surface area contributed by atoms with Crippen molar-refractivity contribution in [1.82, 2.24) is 14.6 Å². The highest BCUT2D eigenvalue weighted by atomic mass is 35.5. The highest BCUT2D eigenvalue weighted by molar-refractivity contribution is 6.30. The van der Waals surface area contributed by atoms with E-state index in [9.17, 15) is 0 Å². The number of aromatic nitrogens is 3. The van der Waals surface area contributed by atoms with Gasteiger partial charge in [-0.2, -0.15) is 0 Å². The first-order chi connectivity index (χ1) is 12.6. The minimum Gasteiger partial charge on any atom is -0.496 e. The molecule has 0 aliphatic carbocycles. The van der Waals surface area contributed by atoms with Crippen LogP contribution in [0.15, 0.2) is 54.7 Å². The second kappa shape index (κ2) is 6.35. The number of fused-ring (bicyclic) bond motifs is 1. The van der Waals surface area contributed by atoms with E-state index in [1.807, 2.05) is 53.9 Å². The second-order valence-electron chi connectivity index (χ2n) is 6.09. The van der Waals surface area contributed by atoms with Crippen molar-refractivity contribution in [3.05, 3.63) is 65.3 Å². The predicted molar refractivity (Wildman–Crippen MR) is 105 cm³/mol. The van der Waals surface area contributed by atoms with Crippen LogP contribution in [0.1, 0.15) is 5.56 Å². The fraction of sp³-hybridized carbons (Fsp3) is 0.100. The standard InChI is InChI=1S/C20H17ClN4O/c1-12-3-4-13(9-17(12)22)14-5-8-19-23-24-20(25(19)11-14)16-7-6-15(21)10-18(16)26-2/h3-11H,22H2,1-2H3. The SMILES string of the molecule is COc1cc(Cl)ccc1-c1nnc2ccc(-c3ccc(C)c(N)c3)cn12. The Morgan fingerprint density at radius 1 is 1.00 bits per heavy atom. The summed E-state index contributed by atoms with van der Waals surface area (Å²) in [5, 5.41) is 9.20. The number of nitrogens with zero attached hydrogens (tertiary/aromatic N) is 3. The summed E-state index contributed by atoms with van der Waals surface area (Å²) in [4.78, 5) is 0. The molecule has 2 heterocycles. The largest absolute Gasteiger partial charge is 0.496 e. The van der Waals surface area contributed by atoms with E-state index in [4.69, 9.17) is 22.1 Å². The summed E-state index contributed by atoms with van der Waals surface area (Å²) in [6, 6.07) is 15.5. The van der Waals surface area contributed by atoms with Crippen LogP contribution in [0, 0.1) is 6.92 Å². The molecule has 0 spiro atoms. The van der Waals surface area contributed by atoms with E-state index in [0.717, 1.165) is 33.6 Å². The molecule has 0 aliphatic heterocycles.